The average Bonchev–Trinajstić information content (AvgIpc) is 3.38. The molecule has 2 fully saturated rings. The summed E-state index contributed by atoms with van der Waals surface area (Å²) in [6.07, 6.45) is 39.5. The summed E-state index contributed by atoms with van der Waals surface area (Å²) < 4.78 is 34.3. The largest absolute Gasteiger partial charge is 0.457 e. The second-order valence-corrected chi connectivity index (χ2v) is 19.4. The first-order valence-electron chi connectivity index (χ1n) is 28.0. The molecule has 0 aromatic rings. The lowest BCUT2D eigenvalue weighted by atomic mass is 9.98. The predicted molar refractivity (Wildman–Crippen MR) is 284 cm³/mol. The Morgan fingerprint density at radius 1 is 0.472 bits per heavy atom. The number of unbranched alkanes of at least 4 members (excludes halogenated alkanes) is 18. The van der Waals surface area contributed by atoms with E-state index in [2.05, 4.69) is 86.8 Å². The van der Waals surface area contributed by atoms with E-state index in [0.29, 0.717) is 13.0 Å². The quantitative estimate of drug-likeness (QED) is 0.0172. The fourth-order valence-corrected chi connectivity index (χ4v) is 8.42. The zero-order valence-corrected chi connectivity index (χ0v) is 44.4. The number of hydrogen-bond acceptors (Lipinski definition) is 14. The van der Waals surface area contributed by atoms with Gasteiger partial charge in [0.15, 0.2) is 12.6 Å². The normalized spacial score (nSPS) is 25.7. The molecular formula is C58H100O14. The van der Waals surface area contributed by atoms with E-state index < -0.39 is 86.7 Å². The van der Waals surface area contributed by atoms with Crippen molar-refractivity contribution < 1.29 is 69.0 Å². The number of ether oxygens (including phenoxy) is 6. The highest BCUT2D eigenvalue weighted by atomic mass is 16.7. The standard InChI is InChI=1S/C58H100O14/c1-3-5-7-9-11-13-15-17-19-21-23-25-27-29-31-33-35-37-39-41-50(60)70-47(44-67-42-40-38-36-34-32-30-28-26-24-22-20-18-16-14-12-10-8-6-4-2)45-68-57-56(66)54(64)52(62)49(72-57)46-69-58-55(65)53(63)51(61)48(43-59)71-58/h5,7,11,13-14,16-17,19-20,22-23,25,47-49,51-59,61-66H,3-4,6,8-10,12,15,18,21,24,26-46H2,1-2H3/b7-5-,13-11-,16-14-,19-17-,22-20-,25-23-. The van der Waals surface area contributed by atoms with Gasteiger partial charge in [-0.3, -0.25) is 4.79 Å². The lowest BCUT2D eigenvalue weighted by Crippen LogP contribution is -2.61. The summed E-state index contributed by atoms with van der Waals surface area (Å²) >= 11 is 0. The Morgan fingerprint density at radius 3 is 1.42 bits per heavy atom. The van der Waals surface area contributed by atoms with Crippen LogP contribution in [0.4, 0.5) is 0 Å². The van der Waals surface area contributed by atoms with Crippen LogP contribution in [0.2, 0.25) is 0 Å². The van der Waals surface area contributed by atoms with Gasteiger partial charge in [-0.15, -0.1) is 0 Å². The molecule has 0 bridgehead atoms. The minimum atomic E-state index is -1.71. The van der Waals surface area contributed by atoms with Gasteiger partial charge in [0.05, 0.1) is 26.4 Å². The van der Waals surface area contributed by atoms with Gasteiger partial charge in [0.25, 0.3) is 0 Å². The SMILES string of the molecule is CC/C=C\C/C=C\C/C=C\C/C=C\CCCCCCCCC(=O)OC(COCCCCCCCCCC/C=C\C/C=C\CCCCCC)COC1OC(COC2OC(CO)C(O)C(O)C2O)C(O)C(O)C1O. The smallest absolute Gasteiger partial charge is 0.306 e. The molecule has 0 amide bonds. The number of allylic oxidation sites excluding steroid dienone is 12. The van der Waals surface area contributed by atoms with Crippen LogP contribution >= 0.6 is 0 Å². The van der Waals surface area contributed by atoms with Crippen molar-refractivity contribution in [1.82, 2.24) is 0 Å². The van der Waals surface area contributed by atoms with Crippen LogP contribution in [-0.2, 0) is 33.2 Å². The molecule has 2 heterocycles. The Labute approximate surface area is 434 Å². The van der Waals surface area contributed by atoms with Crippen molar-refractivity contribution in [3.05, 3.63) is 72.9 Å². The minimum absolute atomic E-state index is 0.0481. The van der Waals surface area contributed by atoms with Crippen molar-refractivity contribution in [2.45, 2.75) is 255 Å². The summed E-state index contributed by atoms with van der Waals surface area (Å²) in [6.45, 7) is 3.52. The van der Waals surface area contributed by atoms with Crippen molar-refractivity contribution in [3.63, 3.8) is 0 Å². The second-order valence-electron chi connectivity index (χ2n) is 19.4. The lowest BCUT2D eigenvalue weighted by molar-refractivity contribution is -0.332. The first-order valence-corrected chi connectivity index (χ1v) is 28.0. The van der Waals surface area contributed by atoms with Gasteiger partial charge < -0.3 is 64.2 Å². The molecule has 2 saturated heterocycles. The molecule has 0 aliphatic carbocycles. The van der Waals surface area contributed by atoms with Crippen LogP contribution in [0.5, 0.6) is 0 Å². The summed E-state index contributed by atoms with van der Waals surface area (Å²) in [6, 6.07) is 0. The van der Waals surface area contributed by atoms with E-state index in [1.807, 2.05) is 0 Å². The lowest BCUT2D eigenvalue weighted by Gasteiger charge is -2.42. The van der Waals surface area contributed by atoms with Crippen LogP contribution in [0, 0.1) is 0 Å². The van der Waals surface area contributed by atoms with Crippen molar-refractivity contribution in [1.29, 1.82) is 0 Å². The maximum absolute atomic E-state index is 13.1. The first kappa shape index (κ1) is 65.5. The summed E-state index contributed by atoms with van der Waals surface area (Å²) in [7, 11) is 0. The topological polar surface area (TPSA) is 214 Å². The number of carbonyl (C=O) groups is 1. The van der Waals surface area contributed by atoms with E-state index in [-0.39, 0.29) is 19.6 Å². The number of rotatable bonds is 44. The Morgan fingerprint density at radius 2 is 0.903 bits per heavy atom. The molecule has 0 aromatic heterocycles. The zero-order chi connectivity index (χ0) is 52.3. The van der Waals surface area contributed by atoms with Crippen molar-refractivity contribution >= 4 is 5.97 Å². The third-order valence-electron chi connectivity index (χ3n) is 12.9. The third-order valence-corrected chi connectivity index (χ3v) is 12.9. The molecule has 0 aromatic carbocycles. The molecule has 2 aliphatic heterocycles. The molecule has 0 radical (unpaired) electrons. The Balaban J connectivity index is 1.75. The molecule has 11 atom stereocenters. The fraction of sp³-hybridized carbons (Fsp3) is 0.776. The summed E-state index contributed by atoms with van der Waals surface area (Å²) in [5, 5.41) is 72.3. The number of carbonyl (C=O) groups excluding carboxylic acids is 1. The maximum atomic E-state index is 13.1. The van der Waals surface area contributed by atoms with Crippen molar-refractivity contribution in [3.8, 4) is 0 Å². The predicted octanol–water partition coefficient (Wildman–Crippen LogP) is 9.47. The van der Waals surface area contributed by atoms with Crippen LogP contribution in [0.15, 0.2) is 72.9 Å². The molecule has 416 valence electrons. The highest BCUT2D eigenvalue weighted by Crippen LogP contribution is 2.26. The van der Waals surface area contributed by atoms with Gasteiger partial charge in [0, 0.05) is 13.0 Å². The highest BCUT2D eigenvalue weighted by Gasteiger charge is 2.47. The molecule has 11 unspecified atom stereocenters. The maximum Gasteiger partial charge on any atom is 0.306 e. The summed E-state index contributed by atoms with van der Waals surface area (Å²) in [4.78, 5) is 13.1. The van der Waals surface area contributed by atoms with E-state index in [4.69, 9.17) is 28.4 Å². The second kappa shape index (κ2) is 44.7. The number of esters is 1. The van der Waals surface area contributed by atoms with Crippen molar-refractivity contribution in [2.75, 3.05) is 33.0 Å². The molecule has 0 spiro atoms. The zero-order valence-electron chi connectivity index (χ0n) is 44.4. The summed E-state index contributed by atoms with van der Waals surface area (Å²) in [5.41, 5.74) is 0. The molecular weight excluding hydrogens is 921 g/mol. The van der Waals surface area contributed by atoms with Crippen LogP contribution in [0.1, 0.15) is 187 Å². The van der Waals surface area contributed by atoms with E-state index in [1.165, 1.54) is 64.2 Å². The van der Waals surface area contributed by atoms with Crippen LogP contribution in [0.25, 0.3) is 0 Å². The molecule has 2 rings (SSSR count). The van der Waals surface area contributed by atoms with Gasteiger partial charge in [-0.1, -0.05) is 170 Å². The number of aliphatic hydroxyl groups is 7. The Kier molecular flexibility index (Phi) is 40.7. The van der Waals surface area contributed by atoms with Crippen LogP contribution in [-0.4, -0.2) is 142 Å². The van der Waals surface area contributed by atoms with Gasteiger partial charge in [-0.2, -0.15) is 0 Å². The Hall–Kier alpha value is -2.57. The number of hydrogen-bond donors (Lipinski definition) is 7. The van der Waals surface area contributed by atoms with Crippen LogP contribution < -0.4 is 0 Å². The Bertz CT molecular complexity index is 1460. The van der Waals surface area contributed by atoms with Gasteiger partial charge >= 0.3 is 5.97 Å². The minimum Gasteiger partial charge on any atom is -0.457 e. The van der Waals surface area contributed by atoms with Gasteiger partial charge in [-0.05, 0) is 83.5 Å². The average molecular weight is 1020 g/mol. The van der Waals surface area contributed by atoms with Gasteiger partial charge in [0.1, 0.15) is 54.9 Å². The van der Waals surface area contributed by atoms with Crippen LogP contribution in [0.3, 0.4) is 0 Å². The highest BCUT2D eigenvalue weighted by molar-refractivity contribution is 5.69. The molecule has 14 heteroatoms. The summed E-state index contributed by atoms with van der Waals surface area (Å²) in [5.74, 6) is -0.394. The monoisotopic (exact) mass is 1020 g/mol. The molecule has 14 nitrogen and oxygen atoms in total. The molecule has 2 aliphatic rings. The van der Waals surface area contributed by atoms with Gasteiger partial charge in [0.2, 0.25) is 0 Å². The molecule has 7 N–H and O–H groups in total. The van der Waals surface area contributed by atoms with Crippen molar-refractivity contribution in [2.24, 2.45) is 0 Å². The molecule has 0 saturated carbocycles. The van der Waals surface area contributed by atoms with Gasteiger partial charge in [-0.25, -0.2) is 0 Å². The third kappa shape index (κ3) is 31.3. The van der Waals surface area contributed by atoms with E-state index in [0.717, 1.165) is 96.3 Å². The number of aliphatic hydroxyl groups excluding tert-OH is 7. The van der Waals surface area contributed by atoms with E-state index >= 15 is 0 Å². The first-order chi connectivity index (χ1) is 35.1. The van der Waals surface area contributed by atoms with E-state index in [9.17, 15) is 40.5 Å². The van der Waals surface area contributed by atoms with E-state index in [1.54, 1.807) is 0 Å². The molecule has 72 heavy (non-hydrogen) atoms. The fourth-order valence-electron chi connectivity index (χ4n) is 8.42.